The van der Waals surface area contributed by atoms with Gasteiger partial charge in [-0.05, 0) is 29.7 Å². The molecule has 0 fully saturated rings. The van der Waals surface area contributed by atoms with Crippen LogP contribution >= 0.6 is 0 Å². The Labute approximate surface area is 88.4 Å². The summed E-state index contributed by atoms with van der Waals surface area (Å²) in [4.78, 5) is 11.3. The van der Waals surface area contributed by atoms with Gasteiger partial charge in [-0.2, -0.15) is 0 Å². The molecule has 3 N–H and O–H groups in total. The fraction of sp³-hybridized carbons (Fsp3) is 0.364. The molecule has 4 heteroatoms. The second-order valence-corrected chi connectivity index (χ2v) is 3.69. The number of ether oxygens (including phenoxy) is 1. The monoisotopic (exact) mass is 206 g/mol. The highest BCUT2D eigenvalue weighted by Gasteiger charge is 2.24. The summed E-state index contributed by atoms with van der Waals surface area (Å²) in [5.74, 6) is -0.211. The molecule has 0 saturated heterocycles. The Morgan fingerprint density at radius 2 is 2.33 bits per heavy atom. The number of nitrogen functional groups attached to an aromatic ring is 1. The molecule has 0 amide bonds. The van der Waals surface area contributed by atoms with Gasteiger partial charge in [0, 0.05) is 12.2 Å². The minimum atomic E-state index is -0.230. The Morgan fingerprint density at radius 3 is 3.07 bits per heavy atom. The normalized spacial score (nSPS) is 19.4. The maximum absolute atomic E-state index is 11.3. The summed E-state index contributed by atoms with van der Waals surface area (Å²) in [5, 5.41) is 3.12. The molecule has 1 aromatic carbocycles. The van der Waals surface area contributed by atoms with E-state index < -0.39 is 0 Å². The molecule has 0 saturated carbocycles. The topological polar surface area (TPSA) is 64.3 Å². The summed E-state index contributed by atoms with van der Waals surface area (Å²) in [6, 6.07) is 5.54. The summed E-state index contributed by atoms with van der Waals surface area (Å²) >= 11 is 0. The number of anilines is 1. The molecule has 1 aliphatic heterocycles. The first kappa shape index (κ1) is 9.98. The van der Waals surface area contributed by atoms with Gasteiger partial charge in [-0.1, -0.05) is 6.07 Å². The van der Waals surface area contributed by atoms with Crippen LogP contribution in [-0.2, 0) is 22.5 Å². The Bertz CT molecular complexity index is 390. The van der Waals surface area contributed by atoms with Crippen LogP contribution in [0.5, 0.6) is 0 Å². The third-order valence-corrected chi connectivity index (χ3v) is 2.68. The molecular formula is C11H14N2O2. The molecule has 1 aromatic rings. The first-order valence-electron chi connectivity index (χ1n) is 4.89. The predicted octanol–water partition coefficient (Wildman–Crippen LogP) is 0.456. The molecule has 1 aliphatic rings. The van der Waals surface area contributed by atoms with Gasteiger partial charge in [0.05, 0.1) is 7.11 Å². The number of nitrogens with two attached hydrogens (primary N) is 1. The summed E-state index contributed by atoms with van der Waals surface area (Å²) in [6.45, 7) is 0.667. The highest BCUT2D eigenvalue weighted by molar-refractivity contribution is 5.76. The summed E-state index contributed by atoms with van der Waals surface area (Å²) < 4.78 is 4.70. The lowest BCUT2D eigenvalue weighted by atomic mass is 9.95. The number of esters is 1. The van der Waals surface area contributed by atoms with Gasteiger partial charge in [-0.25, -0.2) is 0 Å². The van der Waals surface area contributed by atoms with Crippen molar-refractivity contribution in [3.8, 4) is 0 Å². The van der Waals surface area contributed by atoms with Gasteiger partial charge in [-0.15, -0.1) is 0 Å². The van der Waals surface area contributed by atoms with E-state index in [1.54, 1.807) is 0 Å². The molecule has 0 bridgehead atoms. The molecule has 1 unspecified atom stereocenters. The molecular weight excluding hydrogens is 192 g/mol. The van der Waals surface area contributed by atoms with Crippen LogP contribution in [-0.4, -0.2) is 19.1 Å². The minimum absolute atomic E-state index is 0.211. The maximum atomic E-state index is 11.3. The average Bonchev–Trinajstić information content (AvgIpc) is 2.27. The number of benzene rings is 1. The van der Waals surface area contributed by atoms with Crippen molar-refractivity contribution in [1.29, 1.82) is 0 Å². The van der Waals surface area contributed by atoms with Crippen LogP contribution in [0.2, 0.25) is 0 Å². The van der Waals surface area contributed by atoms with Gasteiger partial charge in [0.25, 0.3) is 0 Å². The lowest BCUT2D eigenvalue weighted by Gasteiger charge is -2.24. The van der Waals surface area contributed by atoms with Gasteiger partial charge in [0.2, 0.25) is 0 Å². The van der Waals surface area contributed by atoms with Crippen molar-refractivity contribution in [2.24, 2.45) is 0 Å². The van der Waals surface area contributed by atoms with E-state index in [9.17, 15) is 4.79 Å². The number of carbonyl (C=O) groups excluding carboxylic acids is 1. The zero-order valence-corrected chi connectivity index (χ0v) is 8.62. The standard InChI is InChI=1S/C11H14N2O2/c1-15-11(14)10-5-7-2-3-9(12)4-8(7)6-13-10/h2-4,10,13H,5-6,12H2,1H3. The molecule has 0 aliphatic carbocycles. The third kappa shape index (κ3) is 1.94. The zero-order valence-electron chi connectivity index (χ0n) is 8.62. The van der Waals surface area contributed by atoms with E-state index in [2.05, 4.69) is 5.32 Å². The number of carbonyl (C=O) groups is 1. The lowest BCUT2D eigenvalue weighted by Crippen LogP contribution is -2.42. The van der Waals surface area contributed by atoms with Crippen LogP contribution in [0.25, 0.3) is 0 Å². The first-order valence-corrected chi connectivity index (χ1v) is 4.89. The predicted molar refractivity (Wildman–Crippen MR) is 57.2 cm³/mol. The molecule has 15 heavy (non-hydrogen) atoms. The molecule has 1 heterocycles. The number of hydrogen-bond donors (Lipinski definition) is 2. The Hall–Kier alpha value is -1.55. The van der Waals surface area contributed by atoms with Crippen molar-refractivity contribution < 1.29 is 9.53 Å². The van der Waals surface area contributed by atoms with E-state index in [1.807, 2.05) is 18.2 Å². The quantitative estimate of drug-likeness (QED) is 0.517. The van der Waals surface area contributed by atoms with Crippen molar-refractivity contribution in [3.05, 3.63) is 29.3 Å². The Balaban J connectivity index is 2.20. The smallest absolute Gasteiger partial charge is 0.323 e. The van der Waals surface area contributed by atoms with Crippen LogP contribution < -0.4 is 11.1 Å². The molecule has 0 radical (unpaired) electrons. The zero-order chi connectivity index (χ0) is 10.8. The largest absolute Gasteiger partial charge is 0.468 e. The fourth-order valence-electron chi connectivity index (χ4n) is 1.84. The lowest BCUT2D eigenvalue weighted by molar-refractivity contribution is -0.143. The van der Waals surface area contributed by atoms with E-state index in [-0.39, 0.29) is 12.0 Å². The number of methoxy groups -OCH3 is 1. The highest BCUT2D eigenvalue weighted by atomic mass is 16.5. The highest BCUT2D eigenvalue weighted by Crippen LogP contribution is 2.19. The molecule has 4 nitrogen and oxygen atoms in total. The second kappa shape index (κ2) is 3.90. The minimum Gasteiger partial charge on any atom is -0.468 e. The number of nitrogens with one attached hydrogen (secondary N) is 1. The fourth-order valence-corrected chi connectivity index (χ4v) is 1.84. The van der Waals surface area contributed by atoms with Gasteiger partial charge in [0.15, 0.2) is 0 Å². The van der Waals surface area contributed by atoms with E-state index in [0.29, 0.717) is 13.0 Å². The third-order valence-electron chi connectivity index (χ3n) is 2.68. The second-order valence-electron chi connectivity index (χ2n) is 3.69. The van der Waals surface area contributed by atoms with Crippen LogP contribution in [0.3, 0.4) is 0 Å². The van der Waals surface area contributed by atoms with E-state index in [1.165, 1.54) is 12.7 Å². The van der Waals surface area contributed by atoms with Crippen LogP contribution in [0.1, 0.15) is 11.1 Å². The summed E-state index contributed by atoms with van der Waals surface area (Å²) in [5.41, 5.74) is 8.77. The summed E-state index contributed by atoms with van der Waals surface area (Å²) in [6.07, 6.45) is 0.669. The SMILES string of the molecule is COC(=O)C1Cc2ccc(N)cc2CN1. The number of hydrogen-bond acceptors (Lipinski definition) is 4. The van der Waals surface area contributed by atoms with Crippen molar-refractivity contribution in [2.45, 2.75) is 19.0 Å². The van der Waals surface area contributed by atoms with Crippen LogP contribution in [0.15, 0.2) is 18.2 Å². The Kier molecular flexibility index (Phi) is 2.60. The molecule has 2 rings (SSSR count). The van der Waals surface area contributed by atoms with Crippen LogP contribution in [0.4, 0.5) is 5.69 Å². The molecule has 80 valence electrons. The maximum Gasteiger partial charge on any atom is 0.323 e. The molecule has 0 aromatic heterocycles. The van der Waals surface area contributed by atoms with Crippen molar-refractivity contribution in [3.63, 3.8) is 0 Å². The first-order chi connectivity index (χ1) is 7.20. The van der Waals surface area contributed by atoms with Crippen LogP contribution in [0, 0.1) is 0 Å². The van der Waals surface area contributed by atoms with Crippen molar-refractivity contribution in [2.75, 3.05) is 12.8 Å². The van der Waals surface area contributed by atoms with Gasteiger partial charge < -0.3 is 15.8 Å². The average molecular weight is 206 g/mol. The van der Waals surface area contributed by atoms with E-state index >= 15 is 0 Å². The van der Waals surface area contributed by atoms with Crippen molar-refractivity contribution >= 4 is 11.7 Å². The van der Waals surface area contributed by atoms with Gasteiger partial charge in [0.1, 0.15) is 6.04 Å². The van der Waals surface area contributed by atoms with Gasteiger partial charge in [-0.3, -0.25) is 4.79 Å². The number of fused-ring (bicyclic) bond motifs is 1. The van der Waals surface area contributed by atoms with Crippen molar-refractivity contribution in [1.82, 2.24) is 5.32 Å². The number of rotatable bonds is 1. The van der Waals surface area contributed by atoms with E-state index in [4.69, 9.17) is 10.5 Å². The Morgan fingerprint density at radius 1 is 1.53 bits per heavy atom. The van der Waals surface area contributed by atoms with E-state index in [0.717, 1.165) is 11.3 Å². The summed E-state index contributed by atoms with van der Waals surface area (Å²) in [7, 11) is 1.41. The van der Waals surface area contributed by atoms with Gasteiger partial charge >= 0.3 is 5.97 Å². The molecule has 0 spiro atoms. The molecule has 1 atom stereocenters.